The van der Waals surface area contributed by atoms with Crippen LogP contribution in [0.3, 0.4) is 0 Å². The van der Waals surface area contributed by atoms with Gasteiger partial charge >= 0.3 is 5.97 Å². The molecule has 1 heterocycles. The third-order valence-electron chi connectivity index (χ3n) is 3.40. The van der Waals surface area contributed by atoms with Crippen molar-refractivity contribution in [3.05, 3.63) is 15.6 Å². The van der Waals surface area contributed by atoms with Crippen LogP contribution in [0, 0.1) is 0 Å². The molecule has 19 heavy (non-hydrogen) atoms. The van der Waals surface area contributed by atoms with E-state index in [0.29, 0.717) is 23.5 Å². The number of rotatable bonds is 3. The van der Waals surface area contributed by atoms with E-state index in [-0.39, 0.29) is 29.6 Å². The van der Waals surface area contributed by atoms with E-state index in [1.807, 2.05) is 13.8 Å². The molecule has 0 radical (unpaired) electrons. The van der Waals surface area contributed by atoms with Gasteiger partial charge in [-0.3, -0.25) is 0 Å². The highest BCUT2D eigenvalue weighted by atomic mass is 32.1. The summed E-state index contributed by atoms with van der Waals surface area (Å²) in [6.45, 7) is 3.72. The van der Waals surface area contributed by atoms with Crippen molar-refractivity contribution in [2.24, 2.45) is 0 Å². The fourth-order valence-corrected chi connectivity index (χ4v) is 3.64. The van der Waals surface area contributed by atoms with E-state index in [2.05, 4.69) is 4.98 Å². The van der Waals surface area contributed by atoms with E-state index in [1.165, 1.54) is 0 Å². The van der Waals surface area contributed by atoms with E-state index >= 15 is 0 Å². The lowest BCUT2D eigenvalue weighted by Gasteiger charge is -2.27. The number of carbonyl (C=O) groups is 1. The van der Waals surface area contributed by atoms with Crippen LogP contribution in [-0.4, -0.2) is 22.0 Å². The van der Waals surface area contributed by atoms with Gasteiger partial charge < -0.3 is 5.11 Å². The fraction of sp³-hybridized carbons (Fsp3) is 0.692. The molecule has 1 aliphatic rings. The van der Waals surface area contributed by atoms with E-state index < -0.39 is 11.9 Å². The Morgan fingerprint density at radius 1 is 1.53 bits per heavy atom. The number of thiazole rings is 1. The molecule has 0 saturated heterocycles. The largest absolute Gasteiger partial charge is 0.477 e. The molecular weight excluding hydrogens is 272 g/mol. The summed E-state index contributed by atoms with van der Waals surface area (Å²) in [5.41, 5.74) is 0.515. The average Bonchev–Trinajstić information content (AvgIpc) is 2.72. The molecule has 0 aromatic carbocycles. The van der Waals surface area contributed by atoms with E-state index in [0.717, 1.165) is 11.3 Å². The highest BCUT2D eigenvalue weighted by Gasteiger charge is 2.38. The maximum absolute atomic E-state index is 13.4. The van der Waals surface area contributed by atoms with Gasteiger partial charge in [0.1, 0.15) is 4.88 Å². The first kappa shape index (κ1) is 14.4. The van der Waals surface area contributed by atoms with E-state index in [1.54, 1.807) is 0 Å². The first-order valence-corrected chi connectivity index (χ1v) is 7.23. The summed E-state index contributed by atoms with van der Waals surface area (Å²) in [5, 5.41) is 9.71. The summed E-state index contributed by atoms with van der Waals surface area (Å²) in [6.07, 6.45) is 0.852. The minimum Gasteiger partial charge on any atom is -0.477 e. The molecule has 6 heteroatoms. The Bertz CT molecular complexity index is 485. The van der Waals surface area contributed by atoms with Crippen molar-refractivity contribution < 1.29 is 18.7 Å². The summed E-state index contributed by atoms with van der Waals surface area (Å²) in [4.78, 5) is 15.7. The molecule has 0 aliphatic heterocycles. The molecule has 2 rings (SSSR count). The fourth-order valence-electron chi connectivity index (χ4n) is 2.45. The van der Waals surface area contributed by atoms with Gasteiger partial charge in [0.15, 0.2) is 0 Å². The Hall–Kier alpha value is -1.04. The van der Waals surface area contributed by atoms with Crippen molar-refractivity contribution in [2.75, 3.05) is 0 Å². The average molecular weight is 289 g/mol. The summed E-state index contributed by atoms with van der Waals surface area (Å²) in [6, 6.07) is 0. The molecule has 1 aliphatic carbocycles. The third kappa shape index (κ3) is 3.11. The molecule has 1 atom stereocenters. The predicted molar refractivity (Wildman–Crippen MR) is 69.3 cm³/mol. The predicted octanol–water partition coefficient (Wildman–Crippen LogP) is 4.26. The van der Waals surface area contributed by atoms with Crippen molar-refractivity contribution in [3.63, 3.8) is 0 Å². The minimum absolute atomic E-state index is 0.0137. The number of halogens is 2. The van der Waals surface area contributed by atoms with Crippen LogP contribution in [0.1, 0.15) is 71.7 Å². The number of carboxylic acid groups (broad SMARTS) is 1. The van der Waals surface area contributed by atoms with Gasteiger partial charge in [0.05, 0.1) is 10.7 Å². The van der Waals surface area contributed by atoms with Gasteiger partial charge in [-0.2, -0.15) is 0 Å². The Balaban J connectivity index is 2.30. The monoisotopic (exact) mass is 289 g/mol. The Morgan fingerprint density at radius 3 is 2.68 bits per heavy atom. The van der Waals surface area contributed by atoms with Gasteiger partial charge in [0.2, 0.25) is 5.92 Å². The Kier molecular flexibility index (Phi) is 3.90. The second-order valence-corrected chi connectivity index (χ2v) is 6.41. The van der Waals surface area contributed by atoms with Crippen LogP contribution in [0.25, 0.3) is 0 Å². The zero-order valence-electron chi connectivity index (χ0n) is 10.9. The SMILES string of the molecule is CC(C)c1nc(C2CCCC(F)(F)C2)sc1C(=O)O. The van der Waals surface area contributed by atoms with Gasteiger partial charge in [-0.25, -0.2) is 18.6 Å². The second-order valence-electron chi connectivity index (χ2n) is 5.38. The molecule has 3 nitrogen and oxygen atoms in total. The lowest BCUT2D eigenvalue weighted by molar-refractivity contribution is -0.0408. The zero-order valence-corrected chi connectivity index (χ0v) is 11.8. The highest BCUT2D eigenvalue weighted by Crippen LogP contribution is 2.43. The van der Waals surface area contributed by atoms with Crippen LogP contribution < -0.4 is 0 Å². The van der Waals surface area contributed by atoms with Crippen LogP contribution in [0.5, 0.6) is 0 Å². The summed E-state index contributed by atoms with van der Waals surface area (Å²) in [5.74, 6) is -3.98. The molecular formula is C13H17F2NO2S. The number of hydrogen-bond donors (Lipinski definition) is 1. The molecule has 106 valence electrons. The van der Waals surface area contributed by atoms with Gasteiger partial charge in [-0.15, -0.1) is 11.3 Å². The van der Waals surface area contributed by atoms with Crippen molar-refractivity contribution in [1.29, 1.82) is 0 Å². The number of hydrogen-bond acceptors (Lipinski definition) is 3. The summed E-state index contributed by atoms with van der Waals surface area (Å²) >= 11 is 1.06. The quantitative estimate of drug-likeness (QED) is 0.904. The summed E-state index contributed by atoms with van der Waals surface area (Å²) in [7, 11) is 0. The number of alkyl halides is 2. The van der Waals surface area contributed by atoms with Crippen molar-refractivity contribution >= 4 is 17.3 Å². The second kappa shape index (κ2) is 5.15. The van der Waals surface area contributed by atoms with Crippen molar-refractivity contribution in [2.45, 2.75) is 57.3 Å². The number of nitrogens with zero attached hydrogens (tertiary/aromatic N) is 1. The van der Waals surface area contributed by atoms with E-state index in [4.69, 9.17) is 5.11 Å². The lowest BCUT2D eigenvalue weighted by Crippen LogP contribution is -2.24. The first-order valence-electron chi connectivity index (χ1n) is 6.42. The summed E-state index contributed by atoms with van der Waals surface area (Å²) < 4.78 is 26.9. The molecule has 1 aromatic rings. The molecule has 0 spiro atoms. The van der Waals surface area contributed by atoms with Gasteiger partial charge in [0.25, 0.3) is 0 Å². The van der Waals surface area contributed by atoms with Gasteiger partial charge in [-0.05, 0) is 18.8 Å². The normalized spacial score (nSPS) is 22.7. The molecule has 1 N–H and O–H groups in total. The van der Waals surface area contributed by atoms with Crippen LogP contribution in [0.2, 0.25) is 0 Å². The Morgan fingerprint density at radius 2 is 2.21 bits per heavy atom. The minimum atomic E-state index is -2.64. The van der Waals surface area contributed by atoms with Crippen LogP contribution in [0.4, 0.5) is 8.78 Å². The molecule has 1 saturated carbocycles. The molecule has 1 aromatic heterocycles. The molecule has 1 unspecified atom stereocenters. The van der Waals surface area contributed by atoms with Crippen LogP contribution >= 0.6 is 11.3 Å². The van der Waals surface area contributed by atoms with E-state index in [9.17, 15) is 13.6 Å². The number of carboxylic acids is 1. The van der Waals surface area contributed by atoms with Gasteiger partial charge in [-0.1, -0.05) is 13.8 Å². The van der Waals surface area contributed by atoms with Crippen molar-refractivity contribution in [1.82, 2.24) is 4.98 Å². The Labute approximate surface area is 114 Å². The van der Waals surface area contributed by atoms with Crippen LogP contribution in [-0.2, 0) is 0 Å². The topological polar surface area (TPSA) is 50.2 Å². The standard InChI is InChI=1S/C13H17F2NO2S/c1-7(2)9-10(12(17)18)19-11(16-9)8-4-3-5-13(14,15)6-8/h7-8H,3-6H2,1-2H3,(H,17,18). The number of aromatic nitrogens is 1. The first-order chi connectivity index (χ1) is 8.80. The van der Waals surface area contributed by atoms with Crippen LogP contribution in [0.15, 0.2) is 0 Å². The smallest absolute Gasteiger partial charge is 0.347 e. The maximum Gasteiger partial charge on any atom is 0.347 e. The maximum atomic E-state index is 13.4. The third-order valence-corrected chi connectivity index (χ3v) is 4.62. The lowest BCUT2D eigenvalue weighted by atomic mass is 9.87. The molecule has 1 fully saturated rings. The number of aromatic carboxylic acids is 1. The highest BCUT2D eigenvalue weighted by molar-refractivity contribution is 7.13. The van der Waals surface area contributed by atoms with Gasteiger partial charge in [0, 0.05) is 18.8 Å². The molecule has 0 amide bonds. The molecule has 0 bridgehead atoms. The van der Waals surface area contributed by atoms with Crippen molar-refractivity contribution in [3.8, 4) is 0 Å². The zero-order chi connectivity index (χ0) is 14.2.